The summed E-state index contributed by atoms with van der Waals surface area (Å²) in [6, 6.07) is 2.06. The van der Waals surface area contributed by atoms with E-state index in [0.717, 1.165) is 19.3 Å². The highest BCUT2D eigenvalue weighted by Crippen LogP contribution is 2.22. The first-order valence-electron chi connectivity index (χ1n) is 14.4. The van der Waals surface area contributed by atoms with Gasteiger partial charge in [-0.25, -0.2) is 9.18 Å². The van der Waals surface area contributed by atoms with Gasteiger partial charge in [-0.1, -0.05) is 41.9 Å². The van der Waals surface area contributed by atoms with E-state index < -0.39 is 36.1 Å². The minimum absolute atomic E-state index is 0.115. The lowest BCUT2D eigenvalue weighted by Crippen LogP contribution is -2.57. The van der Waals surface area contributed by atoms with Gasteiger partial charge in [-0.15, -0.1) is 13.2 Å². The Hall–Kier alpha value is -3.26. The van der Waals surface area contributed by atoms with Gasteiger partial charge in [0.05, 0.1) is 6.04 Å². The maximum atomic E-state index is 14.1. The lowest BCUT2D eigenvalue weighted by molar-refractivity contribution is -0.192. The zero-order valence-corrected chi connectivity index (χ0v) is 28.0. The number of hydrogen-bond donors (Lipinski definition) is 3. The molecule has 0 saturated carbocycles. The van der Waals surface area contributed by atoms with Crippen molar-refractivity contribution >= 4 is 39.6 Å². The number of aliphatic carboxylic acids is 1. The molecule has 0 radical (unpaired) electrons. The Morgan fingerprint density at radius 2 is 1.64 bits per heavy atom. The molecule has 0 fully saturated rings. The van der Waals surface area contributed by atoms with Crippen molar-refractivity contribution in [1.82, 2.24) is 20.4 Å². The van der Waals surface area contributed by atoms with Crippen molar-refractivity contribution in [3.8, 4) is 0 Å². The van der Waals surface area contributed by atoms with Crippen LogP contribution in [-0.4, -0.2) is 90.6 Å². The fourth-order valence-electron chi connectivity index (χ4n) is 4.19. The number of allylic oxidation sites excluding steroid dienone is 1. The molecule has 0 aromatic heterocycles. The third-order valence-corrected chi connectivity index (χ3v) is 7.45. The van der Waals surface area contributed by atoms with Gasteiger partial charge in [-0.2, -0.15) is 13.2 Å². The highest BCUT2D eigenvalue weighted by molar-refractivity contribution is 9.10. The molecule has 14 heteroatoms. The van der Waals surface area contributed by atoms with Crippen LogP contribution >= 0.6 is 15.9 Å². The number of likely N-dealkylation sites (N-methyl/N-ethyl adjacent to an activating group) is 3. The number of carboxylic acid groups (broad SMARTS) is 1. The van der Waals surface area contributed by atoms with Gasteiger partial charge in [-0.3, -0.25) is 14.4 Å². The number of unbranched alkanes of at least 4 members (excludes halogenated alkanes) is 2. The van der Waals surface area contributed by atoms with E-state index in [1.807, 2.05) is 19.9 Å². The normalized spacial score (nSPS) is 13.0. The molecule has 9 nitrogen and oxygen atoms in total. The van der Waals surface area contributed by atoms with E-state index in [0.29, 0.717) is 29.4 Å². The minimum atomic E-state index is -5.08. The van der Waals surface area contributed by atoms with Crippen molar-refractivity contribution in [3.63, 3.8) is 0 Å². The smallest absolute Gasteiger partial charge is 0.475 e. The first-order chi connectivity index (χ1) is 20.9. The van der Waals surface area contributed by atoms with Crippen LogP contribution in [0.15, 0.2) is 48.0 Å². The molecule has 1 aromatic rings. The number of hydrogen-bond acceptors (Lipinski definition) is 5. The van der Waals surface area contributed by atoms with Crippen molar-refractivity contribution < 1.29 is 41.8 Å². The number of alkyl halides is 3. The predicted molar refractivity (Wildman–Crippen MR) is 169 cm³/mol. The van der Waals surface area contributed by atoms with Gasteiger partial charge in [0.15, 0.2) is 0 Å². The zero-order chi connectivity index (χ0) is 34.9. The molecule has 3 amide bonds. The summed E-state index contributed by atoms with van der Waals surface area (Å²) in [6.45, 7) is 11.9. The van der Waals surface area contributed by atoms with Crippen molar-refractivity contribution in [2.45, 2.75) is 76.7 Å². The van der Waals surface area contributed by atoms with E-state index in [9.17, 15) is 31.9 Å². The number of halogens is 5. The van der Waals surface area contributed by atoms with Gasteiger partial charge in [0.1, 0.15) is 17.9 Å². The molecule has 1 rings (SSSR count). The molecule has 0 spiro atoms. The summed E-state index contributed by atoms with van der Waals surface area (Å²) in [4.78, 5) is 52.3. The van der Waals surface area contributed by atoms with Gasteiger partial charge >= 0.3 is 12.1 Å². The Balaban J connectivity index is 0.00000246. The number of nitrogens with zero attached hydrogens (tertiary/aromatic N) is 2. The second-order valence-electron chi connectivity index (χ2n) is 10.8. The number of amides is 3. The van der Waals surface area contributed by atoms with Gasteiger partial charge < -0.3 is 25.5 Å². The molecular formula is C31H45BrF4N4O5. The summed E-state index contributed by atoms with van der Waals surface area (Å²) in [5.41, 5.74) is 0.578. The lowest BCUT2D eigenvalue weighted by atomic mass is 9.99. The van der Waals surface area contributed by atoms with Crippen LogP contribution in [-0.2, 0) is 25.6 Å². The topological polar surface area (TPSA) is 119 Å². The molecule has 254 valence electrons. The first-order valence-corrected chi connectivity index (χ1v) is 15.1. The van der Waals surface area contributed by atoms with Crippen LogP contribution in [0.4, 0.5) is 17.6 Å². The fourth-order valence-corrected chi connectivity index (χ4v) is 4.60. The highest BCUT2D eigenvalue weighted by atomic mass is 79.9. The summed E-state index contributed by atoms with van der Waals surface area (Å²) < 4.78 is 46.5. The summed E-state index contributed by atoms with van der Waals surface area (Å²) in [7, 11) is 4.96. The third kappa shape index (κ3) is 15.5. The standard InChI is InChI=1S/C29H44BrFN4O3.C2HF3O2/c1-8-10-11-12-16-34(6)29(38)26(19-21-18-22(31)14-15-23(21)30)35(7)28(37)25(17-20(3)4)33-27(36)24(32-5)13-9-2;3-2(4,5)1(6)7/h8-9,14-15,18,20,24-26,32H,1-2,10-13,16-17,19H2,3-7H3,(H,33,36);(H,6,7)/t24-,25-,26-;/m0./s1. The van der Waals surface area contributed by atoms with E-state index in [4.69, 9.17) is 9.90 Å². The predicted octanol–water partition coefficient (Wildman–Crippen LogP) is 5.10. The van der Waals surface area contributed by atoms with Gasteiger partial charge in [-0.05, 0) is 68.8 Å². The largest absolute Gasteiger partial charge is 0.490 e. The summed E-state index contributed by atoms with van der Waals surface area (Å²) in [5.74, 6) is -3.99. The maximum absolute atomic E-state index is 14.1. The van der Waals surface area contributed by atoms with Gasteiger partial charge in [0.25, 0.3) is 0 Å². The van der Waals surface area contributed by atoms with Crippen LogP contribution in [0.25, 0.3) is 0 Å². The van der Waals surface area contributed by atoms with Crippen LogP contribution in [0.1, 0.15) is 51.5 Å². The second-order valence-corrected chi connectivity index (χ2v) is 11.7. The van der Waals surface area contributed by atoms with Crippen LogP contribution in [0.2, 0.25) is 0 Å². The van der Waals surface area contributed by atoms with Crippen LogP contribution in [0, 0.1) is 11.7 Å². The molecule has 0 aliphatic rings. The number of rotatable bonds is 17. The summed E-state index contributed by atoms with van der Waals surface area (Å²) in [6.07, 6.45) is 1.88. The monoisotopic (exact) mass is 708 g/mol. The molecule has 0 aliphatic heterocycles. The number of benzene rings is 1. The molecule has 0 saturated heterocycles. The van der Waals surface area contributed by atoms with Gasteiger partial charge in [0, 0.05) is 31.5 Å². The van der Waals surface area contributed by atoms with Crippen LogP contribution < -0.4 is 10.6 Å². The summed E-state index contributed by atoms with van der Waals surface area (Å²) >= 11 is 3.45. The number of nitrogens with one attached hydrogen (secondary N) is 2. The van der Waals surface area contributed by atoms with Crippen molar-refractivity contribution in [1.29, 1.82) is 0 Å². The van der Waals surface area contributed by atoms with Crippen molar-refractivity contribution in [2.24, 2.45) is 5.92 Å². The molecular weight excluding hydrogens is 664 g/mol. The molecule has 1 aromatic carbocycles. The van der Waals surface area contributed by atoms with Crippen molar-refractivity contribution in [2.75, 3.05) is 27.7 Å². The maximum Gasteiger partial charge on any atom is 0.490 e. The Labute approximate surface area is 271 Å². The molecule has 3 N–H and O–H groups in total. The third-order valence-electron chi connectivity index (χ3n) is 6.68. The second kappa shape index (κ2) is 20.7. The van der Waals surface area contributed by atoms with E-state index in [1.165, 1.54) is 17.0 Å². The minimum Gasteiger partial charge on any atom is -0.475 e. The average Bonchev–Trinajstić information content (AvgIpc) is 2.96. The number of carbonyl (C=O) groups is 4. The highest BCUT2D eigenvalue weighted by Gasteiger charge is 2.38. The Kier molecular flexibility index (Phi) is 19.2. The number of carboxylic acids is 1. The van der Waals surface area contributed by atoms with E-state index >= 15 is 0 Å². The van der Waals surface area contributed by atoms with Crippen molar-refractivity contribution in [3.05, 3.63) is 59.4 Å². The van der Waals surface area contributed by atoms with E-state index in [1.54, 1.807) is 38.2 Å². The Morgan fingerprint density at radius 3 is 2.13 bits per heavy atom. The molecule has 3 atom stereocenters. The number of carbonyl (C=O) groups excluding carboxylic acids is 3. The Bertz CT molecular complexity index is 1150. The molecule has 0 aliphatic carbocycles. The molecule has 0 heterocycles. The van der Waals surface area contributed by atoms with Crippen LogP contribution in [0.3, 0.4) is 0 Å². The first kappa shape index (κ1) is 41.7. The van der Waals surface area contributed by atoms with Gasteiger partial charge in [0.2, 0.25) is 17.7 Å². The lowest BCUT2D eigenvalue weighted by Gasteiger charge is -2.34. The van der Waals surface area contributed by atoms with Crippen LogP contribution in [0.5, 0.6) is 0 Å². The fraction of sp³-hybridized carbons (Fsp3) is 0.548. The van der Waals surface area contributed by atoms with E-state index in [-0.39, 0.29) is 30.1 Å². The average molecular weight is 710 g/mol. The zero-order valence-electron chi connectivity index (χ0n) is 26.4. The molecule has 0 unspecified atom stereocenters. The Morgan fingerprint density at radius 1 is 1.04 bits per heavy atom. The summed E-state index contributed by atoms with van der Waals surface area (Å²) in [5, 5.41) is 12.9. The SMILES string of the molecule is C=CCCCCN(C)C(=O)[C@H](Cc1cc(F)ccc1Br)N(C)C(=O)[C@H](CC(C)C)NC(=O)[C@H](CC=C)NC.O=C(O)C(F)(F)F. The quantitative estimate of drug-likeness (QED) is 0.118. The molecule has 45 heavy (non-hydrogen) atoms. The van der Waals surface area contributed by atoms with E-state index in [2.05, 4.69) is 39.7 Å². The molecule has 0 bridgehead atoms.